The molecule has 170 valence electrons. The number of benzene rings is 2. The smallest absolute Gasteiger partial charge is 0.406 e. The number of aliphatic hydroxyl groups excluding tert-OH is 3. The minimum absolute atomic E-state index is 0.116. The third-order valence-corrected chi connectivity index (χ3v) is 5.84. The first-order chi connectivity index (χ1) is 14.5. The van der Waals surface area contributed by atoms with Crippen molar-refractivity contribution in [2.24, 2.45) is 0 Å². The minimum Gasteiger partial charge on any atom is -0.406 e. The Bertz CT molecular complexity index is 888. The predicted octanol–water partition coefficient (Wildman–Crippen LogP) is 4.15. The molecule has 0 bridgehead atoms. The molecule has 1 heterocycles. The number of rotatable bonds is 6. The molecule has 3 rings (SSSR count). The van der Waals surface area contributed by atoms with Crippen molar-refractivity contribution in [3.8, 4) is 5.75 Å². The lowest BCUT2D eigenvalue weighted by Gasteiger charge is -2.44. The zero-order chi connectivity index (χ0) is 22.8. The highest BCUT2D eigenvalue weighted by atomic mass is 35.5. The van der Waals surface area contributed by atoms with E-state index in [1.54, 1.807) is 18.2 Å². The van der Waals surface area contributed by atoms with Crippen LogP contribution in [-0.4, -0.2) is 46.1 Å². The van der Waals surface area contributed by atoms with Crippen molar-refractivity contribution in [1.29, 1.82) is 0 Å². The van der Waals surface area contributed by atoms with E-state index in [1.807, 2.05) is 0 Å². The van der Waals surface area contributed by atoms with Gasteiger partial charge < -0.3 is 24.8 Å². The van der Waals surface area contributed by atoms with Crippen molar-refractivity contribution in [1.82, 2.24) is 0 Å². The second kappa shape index (κ2) is 9.34. The first-order valence-electron chi connectivity index (χ1n) is 9.79. The zero-order valence-electron chi connectivity index (χ0n) is 16.8. The van der Waals surface area contributed by atoms with Crippen molar-refractivity contribution in [3.05, 3.63) is 64.2 Å². The van der Waals surface area contributed by atoms with Crippen LogP contribution in [0.5, 0.6) is 5.75 Å². The Morgan fingerprint density at radius 1 is 1.23 bits per heavy atom. The highest BCUT2D eigenvalue weighted by molar-refractivity contribution is 6.31. The van der Waals surface area contributed by atoms with Crippen LogP contribution < -0.4 is 4.74 Å². The van der Waals surface area contributed by atoms with Gasteiger partial charge in [-0.05, 0) is 48.2 Å². The lowest BCUT2D eigenvalue weighted by molar-refractivity contribution is -0.274. The van der Waals surface area contributed by atoms with E-state index in [-0.39, 0.29) is 12.2 Å². The molecule has 1 saturated heterocycles. The van der Waals surface area contributed by atoms with Gasteiger partial charge in [0.25, 0.3) is 0 Å². The molecule has 5 nitrogen and oxygen atoms in total. The molecule has 31 heavy (non-hydrogen) atoms. The summed E-state index contributed by atoms with van der Waals surface area (Å²) < 4.78 is 46.9. The molecule has 3 N–H and O–H groups in total. The predicted molar refractivity (Wildman–Crippen MR) is 108 cm³/mol. The molecule has 2 aromatic carbocycles. The first kappa shape index (κ1) is 23.8. The van der Waals surface area contributed by atoms with Gasteiger partial charge >= 0.3 is 6.36 Å². The summed E-state index contributed by atoms with van der Waals surface area (Å²) in [5.41, 5.74) is 0.899. The average molecular weight is 461 g/mol. The van der Waals surface area contributed by atoms with Crippen molar-refractivity contribution in [2.75, 3.05) is 6.61 Å². The van der Waals surface area contributed by atoms with Gasteiger partial charge in [-0.25, -0.2) is 0 Å². The number of halogens is 4. The van der Waals surface area contributed by atoms with Crippen LogP contribution in [0, 0.1) is 0 Å². The van der Waals surface area contributed by atoms with E-state index in [0.717, 1.165) is 11.1 Å². The molecule has 0 aliphatic carbocycles. The maximum absolute atomic E-state index is 12.3. The molecule has 0 radical (unpaired) electrons. The summed E-state index contributed by atoms with van der Waals surface area (Å²) in [4.78, 5) is 0. The van der Waals surface area contributed by atoms with Crippen LogP contribution in [-0.2, 0) is 11.2 Å². The topological polar surface area (TPSA) is 79.2 Å². The molecule has 0 saturated carbocycles. The van der Waals surface area contributed by atoms with Gasteiger partial charge in [-0.2, -0.15) is 0 Å². The summed E-state index contributed by atoms with van der Waals surface area (Å²) in [7, 11) is 0. The van der Waals surface area contributed by atoms with E-state index in [9.17, 15) is 28.5 Å². The van der Waals surface area contributed by atoms with Crippen LogP contribution in [0.15, 0.2) is 42.5 Å². The quantitative estimate of drug-likeness (QED) is 0.603. The first-order valence-corrected chi connectivity index (χ1v) is 10.2. The standard InChI is InChI=1S/C22H24ClF3O5/c1-13(28)21(12-27)11-17(29)10-20(31-21)15-4-7-19(23)16(9-15)8-14-2-5-18(6-3-14)30-22(24,25)26/h2-7,9,13,17,20,27-29H,8,10-12H2,1H3/t13?,17-,20-,21-/m1/s1. The maximum Gasteiger partial charge on any atom is 0.573 e. The van der Waals surface area contributed by atoms with Gasteiger partial charge in [-0.3, -0.25) is 0 Å². The lowest BCUT2D eigenvalue weighted by Crippen LogP contribution is -2.53. The number of hydrogen-bond acceptors (Lipinski definition) is 5. The summed E-state index contributed by atoms with van der Waals surface area (Å²) in [5, 5.41) is 30.7. The van der Waals surface area contributed by atoms with E-state index < -0.39 is 36.9 Å². The second-order valence-electron chi connectivity index (χ2n) is 7.82. The van der Waals surface area contributed by atoms with E-state index in [4.69, 9.17) is 16.3 Å². The van der Waals surface area contributed by atoms with Gasteiger partial charge in [0.05, 0.1) is 24.9 Å². The molecule has 2 aromatic rings. The fourth-order valence-corrected chi connectivity index (χ4v) is 3.96. The Morgan fingerprint density at radius 2 is 1.90 bits per heavy atom. The molecule has 0 aromatic heterocycles. The van der Waals surface area contributed by atoms with Crippen LogP contribution in [0.4, 0.5) is 13.2 Å². The van der Waals surface area contributed by atoms with E-state index in [1.165, 1.54) is 31.2 Å². The molecule has 1 unspecified atom stereocenters. The van der Waals surface area contributed by atoms with Crippen LogP contribution >= 0.6 is 11.6 Å². The second-order valence-corrected chi connectivity index (χ2v) is 8.23. The highest BCUT2D eigenvalue weighted by Crippen LogP contribution is 2.40. The number of alkyl halides is 3. The Labute approximate surface area is 183 Å². The molecule has 4 atom stereocenters. The van der Waals surface area contributed by atoms with Gasteiger partial charge in [0.15, 0.2) is 0 Å². The Balaban J connectivity index is 1.80. The number of hydrogen-bond donors (Lipinski definition) is 3. The summed E-state index contributed by atoms with van der Waals surface area (Å²) in [5.74, 6) is -0.306. The van der Waals surface area contributed by atoms with Crippen molar-refractivity contribution in [3.63, 3.8) is 0 Å². The summed E-state index contributed by atoms with van der Waals surface area (Å²) in [6.45, 7) is 1.07. The Morgan fingerprint density at radius 3 is 2.48 bits per heavy atom. The maximum atomic E-state index is 12.3. The van der Waals surface area contributed by atoms with Gasteiger partial charge in [-0.15, -0.1) is 13.2 Å². The number of aliphatic hydroxyl groups is 3. The third kappa shape index (κ3) is 5.90. The van der Waals surface area contributed by atoms with Crippen LogP contribution in [0.1, 0.15) is 42.6 Å². The molecular formula is C22H24ClF3O5. The van der Waals surface area contributed by atoms with Crippen LogP contribution in [0.25, 0.3) is 0 Å². The Hall–Kier alpha value is -1.84. The summed E-state index contributed by atoms with van der Waals surface area (Å²) in [6, 6.07) is 10.7. The Kier molecular flexibility index (Phi) is 7.18. The lowest BCUT2D eigenvalue weighted by atomic mass is 9.84. The van der Waals surface area contributed by atoms with E-state index in [2.05, 4.69) is 4.74 Å². The van der Waals surface area contributed by atoms with Gasteiger partial charge in [-0.1, -0.05) is 35.9 Å². The SMILES string of the molecule is CC(O)[C@]1(CO)C[C@H](O)C[C@H](c2ccc(Cl)c(Cc3ccc(OC(F)(F)F)cc3)c2)O1. The average Bonchev–Trinajstić information content (AvgIpc) is 2.69. The molecule has 9 heteroatoms. The van der Waals surface area contributed by atoms with E-state index in [0.29, 0.717) is 23.4 Å². The van der Waals surface area contributed by atoms with Crippen LogP contribution in [0.2, 0.25) is 5.02 Å². The minimum atomic E-state index is -4.75. The fraction of sp³-hybridized carbons (Fsp3) is 0.455. The van der Waals surface area contributed by atoms with Crippen molar-refractivity contribution < 1.29 is 38.0 Å². The van der Waals surface area contributed by atoms with E-state index >= 15 is 0 Å². The molecule has 1 fully saturated rings. The van der Waals surface area contributed by atoms with Gasteiger partial charge in [0, 0.05) is 17.9 Å². The zero-order valence-corrected chi connectivity index (χ0v) is 17.5. The van der Waals surface area contributed by atoms with Crippen molar-refractivity contribution in [2.45, 2.75) is 56.5 Å². The van der Waals surface area contributed by atoms with Crippen LogP contribution in [0.3, 0.4) is 0 Å². The summed E-state index contributed by atoms with van der Waals surface area (Å²) >= 11 is 6.32. The highest BCUT2D eigenvalue weighted by Gasteiger charge is 2.45. The van der Waals surface area contributed by atoms with Gasteiger partial charge in [0.1, 0.15) is 11.4 Å². The number of ether oxygens (including phenoxy) is 2. The molecule has 0 amide bonds. The third-order valence-electron chi connectivity index (χ3n) is 5.47. The molecule has 1 aliphatic rings. The molecule has 1 aliphatic heterocycles. The van der Waals surface area contributed by atoms with Crippen molar-refractivity contribution >= 4 is 11.6 Å². The molecular weight excluding hydrogens is 437 g/mol. The summed E-state index contributed by atoms with van der Waals surface area (Å²) in [6.07, 6.45) is -6.30. The molecule has 0 spiro atoms. The fourth-order valence-electron chi connectivity index (χ4n) is 3.78. The normalized spacial score (nSPS) is 25.3. The monoisotopic (exact) mass is 460 g/mol. The largest absolute Gasteiger partial charge is 0.573 e. The van der Waals surface area contributed by atoms with Gasteiger partial charge in [0.2, 0.25) is 0 Å².